The molecule has 2 heterocycles. The van der Waals surface area contributed by atoms with Crippen molar-refractivity contribution >= 4 is 28.7 Å². The molecule has 0 aliphatic rings. The van der Waals surface area contributed by atoms with E-state index in [1.165, 1.54) is 0 Å². The average Bonchev–Trinajstić information content (AvgIpc) is 2.74. The number of benzene rings is 1. The Morgan fingerprint density at radius 1 is 1.20 bits per heavy atom. The van der Waals surface area contributed by atoms with Gasteiger partial charge in [-0.05, 0) is 30.7 Å². The number of fused-ring (bicyclic) bond motifs is 1. The minimum absolute atomic E-state index is 0.339. The van der Waals surface area contributed by atoms with Crippen LogP contribution < -0.4 is 10.5 Å². The standard InChI is InChI=1S/C14H13ClN4O/c1-8-3-5-11(9(15)7-8)19-13-10(17-14(19)16)4-6-12(18-13)20-2/h3-7H,1-2H3,(H2,16,17). The van der Waals surface area contributed by atoms with Crippen LogP contribution in [-0.2, 0) is 0 Å². The maximum atomic E-state index is 6.30. The predicted octanol–water partition coefficient (Wildman–Crippen LogP) is 2.97. The van der Waals surface area contributed by atoms with E-state index in [0.29, 0.717) is 28.0 Å². The lowest BCUT2D eigenvalue weighted by molar-refractivity contribution is 0.399. The largest absolute Gasteiger partial charge is 0.481 e. The van der Waals surface area contributed by atoms with Gasteiger partial charge in [-0.3, -0.25) is 4.57 Å². The van der Waals surface area contributed by atoms with Crippen LogP contribution in [0.2, 0.25) is 5.02 Å². The molecule has 6 heteroatoms. The van der Waals surface area contributed by atoms with Gasteiger partial charge in [-0.2, -0.15) is 4.98 Å². The molecule has 5 nitrogen and oxygen atoms in total. The van der Waals surface area contributed by atoms with Gasteiger partial charge in [0, 0.05) is 6.07 Å². The Kier molecular flexibility index (Phi) is 2.99. The van der Waals surface area contributed by atoms with E-state index in [-0.39, 0.29) is 0 Å². The van der Waals surface area contributed by atoms with Crippen molar-refractivity contribution in [1.29, 1.82) is 0 Å². The molecule has 1 aromatic carbocycles. The minimum atomic E-state index is 0.339. The summed E-state index contributed by atoms with van der Waals surface area (Å²) in [6.07, 6.45) is 0. The molecule has 0 saturated heterocycles. The number of hydrogen-bond donors (Lipinski definition) is 1. The third kappa shape index (κ3) is 1.96. The fraction of sp³-hybridized carbons (Fsp3) is 0.143. The molecule has 0 radical (unpaired) electrons. The topological polar surface area (TPSA) is 66.0 Å². The van der Waals surface area contributed by atoms with Gasteiger partial charge in [0.05, 0.1) is 17.8 Å². The second-order valence-electron chi connectivity index (χ2n) is 4.46. The number of pyridine rings is 1. The van der Waals surface area contributed by atoms with E-state index < -0.39 is 0 Å². The number of imidazole rings is 1. The maximum absolute atomic E-state index is 6.30. The Balaban J connectivity index is 2.31. The number of anilines is 1. The molecule has 3 rings (SSSR count). The van der Waals surface area contributed by atoms with Crippen molar-refractivity contribution in [2.75, 3.05) is 12.8 Å². The second-order valence-corrected chi connectivity index (χ2v) is 4.86. The van der Waals surface area contributed by atoms with Gasteiger partial charge in [0.25, 0.3) is 0 Å². The average molecular weight is 289 g/mol. The van der Waals surface area contributed by atoms with Gasteiger partial charge in [-0.15, -0.1) is 0 Å². The lowest BCUT2D eigenvalue weighted by atomic mass is 10.2. The van der Waals surface area contributed by atoms with Crippen molar-refractivity contribution in [2.45, 2.75) is 6.92 Å². The minimum Gasteiger partial charge on any atom is -0.481 e. The molecule has 0 fully saturated rings. The van der Waals surface area contributed by atoms with Crippen LogP contribution in [0, 0.1) is 6.92 Å². The first-order chi connectivity index (χ1) is 9.60. The van der Waals surface area contributed by atoms with E-state index in [1.807, 2.05) is 31.2 Å². The van der Waals surface area contributed by atoms with E-state index in [0.717, 1.165) is 11.3 Å². The number of ether oxygens (including phenoxy) is 1. The van der Waals surface area contributed by atoms with Crippen molar-refractivity contribution < 1.29 is 4.74 Å². The van der Waals surface area contributed by atoms with Gasteiger partial charge in [0.1, 0.15) is 5.52 Å². The Morgan fingerprint density at radius 3 is 2.70 bits per heavy atom. The van der Waals surface area contributed by atoms with Crippen LogP contribution in [0.4, 0.5) is 5.95 Å². The van der Waals surface area contributed by atoms with Crippen molar-refractivity contribution in [3.05, 3.63) is 40.9 Å². The van der Waals surface area contributed by atoms with Gasteiger partial charge >= 0.3 is 0 Å². The van der Waals surface area contributed by atoms with Crippen molar-refractivity contribution in [3.8, 4) is 11.6 Å². The first kappa shape index (κ1) is 12.7. The van der Waals surface area contributed by atoms with Gasteiger partial charge in [-0.25, -0.2) is 4.98 Å². The maximum Gasteiger partial charge on any atom is 0.215 e. The Hall–Kier alpha value is -2.27. The molecule has 0 amide bonds. The molecule has 102 valence electrons. The Labute approximate surface area is 121 Å². The number of nitrogens with zero attached hydrogens (tertiary/aromatic N) is 3. The molecule has 2 N–H and O–H groups in total. The van der Waals surface area contributed by atoms with Crippen LogP contribution in [0.25, 0.3) is 16.9 Å². The lowest BCUT2D eigenvalue weighted by Crippen LogP contribution is -2.02. The third-order valence-corrected chi connectivity index (χ3v) is 3.36. The Morgan fingerprint density at radius 2 is 2.00 bits per heavy atom. The zero-order valence-electron chi connectivity index (χ0n) is 11.1. The molecule has 2 aromatic heterocycles. The molecule has 0 atom stereocenters. The smallest absolute Gasteiger partial charge is 0.215 e. The van der Waals surface area contributed by atoms with Gasteiger partial charge in [0.2, 0.25) is 11.8 Å². The zero-order valence-corrected chi connectivity index (χ0v) is 11.8. The number of aromatic nitrogens is 3. The van der Waals surface area contributed by atoms with Crippen molar-refractivity contribution in [3.63, 3.8) is 0 Å². The second kappa shape index (κ2) is 4.68. The zero-order chi connectivity index (χ0) is 14.3. The van der Waals surface area contributed by atoms with E-state index >= 15 is 0 Å². The van der Waals surface area contributed by atoms with Crippen LogP contribution in [0.15, 0.2) is 30.3 Å². The molecule has 0 aliphatic carbocycles. The summed E-state index contributed by atoms with van der Waals surface area (Å²) in [6, 6.07) is 9.30. The van der Waals surface area contributed by atoms with Crippen molar-refractivity contribution in [2.24, 2.45) is 0 Å². The predicted molar refractivity (Wildman–Crippen MR) is 79.6 cm³/mol. The molecular weight excluding hydrogens is 276 g/mol. The number of rotatable bonds is 2. The highest BCUT2D eigenvalue weighted by Gasteiger charge is 2.14. The molecule has 0 aliphatic heterocycles. The number of halogens is 1. The lowest BCUT2D eigenvalue weighted by Gasteiger charge is -2.09. The highest BCUT2D eigenvalue weighted by Crippen LogP contribution is 2.28. The number of nitrogens with two attached hydrogens (primary N) is 1. The van der Waals surface area contributed by atoms with Gasteiger partial charge in [0.15, 0.2) is 5.65 Å². The Bertz CT molecular complexity index is 797. The quantitative estimate of drug-likeness (QED) is 0.787. The van der Waals surface area contributed by atoms with E-state index in [9.17, 15) is 0 Å². The fourth-order valence-corrected chi connectivity index (χ4v) is 2.42. The van der Waals surface area contributed by atoms with Crippen LogP contribution in [0.3, 0.4) is 0 Å². The molecule has 0 spiro atoms. The third-order valence-electron chi connectivity index (χ3n) is 3.06. The summed E-state index contributed by atoms with van der Waals surface area (Å²) in [7, 11) is 1.57. The molecule has 0 bridgehead atoms. The monoisotopic (exact) mass is 288 g/mol. The summed E-state index contributed by atoms with van der Waals surface area (Å²) in [4.78, 5) is 8.69. The molecular formula is C14H13ClN4O. The van der Waals surface area contributed by atoms with E-state index in [4.69, 9.17) is 22.1 Å². The van der Waals surface area contributed by atoms with Crippen LogP contribution in [0.5, 0.6) is 5.88 Å². The SMILES string of the molecule is COc1ccc2nc(N)n(-c3ccc(C)cc3Cl)c2n1. The highest BCUT2D eigenvalue weighted by atomic mass is 35.5. The first-order valence-corrected chi connectivity index (χ1v) is 6.43. The summed E-state index contributed by atoms with van der Waals surface area (Å²) in [5.74, 6) is 0.841. The van der Waals surface area contributed by atoms with Crippen LogP contribution in [-0.4, -0.2) is 21.6 Å². The highest BCUT2D eigenvalue weighted by molar-refractivity contribution is 6.32. The number of aryl methyl sites for hydroxylation is 1. The van der Waals surface area contributed by atoms with E-state index in [1.54, 1.807) is 17.7 Å². The van der Waals surface area contributed by atoms with Crippen LogP contribution in [0.1, 0.15) is 5.56 Å². The van der Waals surface area contributed by atoms with E-state index in [2.05, 4.69) is 9.97 Å². The normalized spacial score (nSPS) is 10.9. The number of hydrogen-bond acceptors (Lipinski definition) is 4. The van der Waals surface area contributed by atoms with Crippen molar-refractivity contribution in [1.82, 2.24) is 14.5 Å². The summed E-state index contributed by atoms with van der Waals surface area (Å²) < 4.78 is 6.87. The summed E-state index contributed by atoms with van der Waals surface area (Å²) in [6.45, 7) is 1.98. The first-order valence-electron chi connectivity index (χ1n) is 6.05. The van der Waals surface area contributed by atoms with Gasteiger partial charge < -0.3 is 10.5 Å². The van der Waals surface area contributed by atoms with Crippen LogP contribution >= 0.6 is 11.6 Å². The van der Waals surface area contributed by atoms with Gasteiger partial charge in [-0.1, -0.05) is 17.7 Å². The fourth-order valence-electron chi connectivity index (χ4n) is 2.10. The molecule has 0 saturated carbocycles. The molecule has 3 aromatic rings. The number of nitrogen functional groups attached to an aromatic ring is 1. The summed E-state index contributed by atoms with van der Waals surface area (Å²) in [5.41, 5.74) is 9.13. The molecule has 0 unspecified atom stereocenters. The molecule has 20 heavy (non-hydrogen) atoms. The number of methoxy groups -OCH3 is 1. The summed E-state index contributed by atoms with van der Waals surface area (Å²) in [5, 5.41) is 0.598. The summed E-state index contributed by atoms with van der Waals surface area (Å²) >= 11 is 6.30.